The van der Waals surface area contributed by atoms with Gasteiger partial charge in [0.05, 0.1) is 0 Å². The Morgan fingerprint density at radius 2 is 1.81 bits per heavy atom. The molecule has 0 saturated heterocycles. The molecule has 162 valence electrons. The minimum absolute atomic E-state index is 0.185. The van der Waals surface area contributed by atoms with E-state index in [0.717, 1.165) is 30.4 Å². The molecule has 4 rings (SSSR count). The molecule has 3 aromatic rings. The molecule has 1 amide bonds. The molecule has 1 unspecified atom stereocenters. The van der Waals surface area contributed by atoms with Gasteiger partial charge in [0.25, 0.3) is 10.0 Å². The first-order chi connectivity index (χ1) is 15.0. The summed E-state index contributed by atoms with van der Waals surface area (Å²) in [5.41, 5.74) is 3.85. The molecule has 31 heavy (non-hydrogen) atoms. The minimum Gasteiger partial charge on any atom is -0.325 e. The molecule has 1 N–H and O–H groups in total. The van der Waals surface area contributed by atoms with Crippen LogP contribution in [0.25, 0.3) is 0 Å². The predicted molar refractivity (Wildman–Crippen MR) is 125 cm³/mol. The van der Waals surface area contributed by atoms with E-state index in [1.807, 2.05) is 48.5 Å². The minimum atomic E-state index is -3.77. The van der Waals surface area contributed by atoms with Crippen LogP contribution in [0.5, 0.6) is 0 Å². The topological polar surface area (TPSA) is 66.5 Å². The number of hydrogen-bond donors (Lipinski definition) is 1. The van der Waals surface area contributed by atoms with E-state index in [0.29, 0.717) is 12.1 Å². The van der Waals surface area contributed by atoms with Crippen molar-refractivity contribution < 1.29 is 13.2 Å². The fraction of sp³-hybridized carbons (Fsp3) is 0.292. The lowest BCUT2D eigenvalue weighted by molar-refractivity contribution is -0.120. The van der Waals surface area contributed by atoms with Crippen molar-refractivity contribution in [3.05, 3.63) is 82.7 Å². The van der Waals surface area contributed by atoms with Gasteiger partial charge in [0, 0.05) is 12.2 Å². The third kappa shape index (κ3) is 4.74. The number of aryl methyl sites for hydroxylation is 1. The summed E-state index contributed by atoms with van der Waals surface area (Å²) in [4.78, 5) is 13.2. The fourth-order valence-electron chi connectivity index (χ4n) is 3.86. The first-order valence-corrected chi connectivity index (χ1v) is 12.8. The SMILES string of the molecule is CCCCc1ccc(NC(=O)C2Cc3ccccc3CN2S(=O)(=O)c2cccs2)cc1. The van der Waals surface area contributed by atoms with Crippen molar-refractivity contribution in [3.8, 4) is 0 Å². The van der Waals surface area contributed by atoms with Crippen LogP contribution in [0.1, 0.15) is 36.5 Å². The van der Waals surface area contributed by atoms with Gasteiger partial charge in [0.1, 0.15) is 10.3 Å². The van der Waals surface area contributed by atoms with Crippen molar-refractivity contribution in [2.75, 3.05) is 5.32 Å². The third-order valence-electron chi connectivity index (χ3n) is 5.61. The van der Waals surface area contributed by atoms with E-state index in [1.165, 1.54) is 21.2 Å². The lowest BCUT2D eigenvalue weighted by atomic mass is 9.95. The van der Waals surface area contributed by atoms with Crippen molar-refractivity contribution in [1.82, 2.24) is 4.31 Å². The molecule has 2 aromatic carbocycles. The van der Waals surface area contributed by atoms with Gasteiger partial charge in [0.15, 0.2) is 0 Å². The normalized spacial score (nSPS) is 16.6. The first-order valence-electron chi connectivity index (χ1n) is 10.5. The number of benzene rings is 2. The monoisotopic (exact) mass is 454 g/mol. The largest absolute Gasteiger partial charge is 0.325 e. The predicted octanol–water partition coefficient (Wildman–Crippen LogP) is 4.85. The van der Waals surface area contributed by atoms with Crippen LogP contribution in [-0.4, -0.2) is 24.7 Å². The van der Waals surface area contributed by atoms with Gasteiger partial charge in [-0.2, -0.15) is 4.31 Å². The van der Waals surface area contributed by atoms with E-state index in [9.17, 15) is 13.2 Å². The van der Waals surface area contributed by atoms with Crippen LogP contribution in [0, 0.1) is 0 Å². The van der Waals surface area contributed by atoms with E-state index in [4.69, 9.17) is 0 Å². The van der Waals surface area contributed by atoms with Crippen LogP contribution in [0.3, 0.4) is 0 Å². The van der Waals surface area contributed by atoms with Crippen LogP contribution in [-0.2, 0) is 34.2 Å². The van der Waals surface area contributed by atoms with E-state index in [2.05, 4.69) is 12.2 Å². The Hall–Kier alpha value is -2.48. The molecule has 1 aliphatic heterocycles. The molecule has 1 atom stereocenters. The highest BCUT2D eigenvalue weighted by Gasteiger charge is 2.40. The average molecular weight is 455 g/mol. The molecule has 0 saturated carbocycles. The Labute approximate surface area is 187 Å². The lowest BCUT2D eigenvalue weighted by Crippen LogP contribution is -2.50. The van der Waals surface area contributed by atoms with E-state index in [-0.39, 0.29) is 16.7 Å². The second kappa shape index (κ2) is 9.34. The van der Waals surface area contributed by atoms with Crippen molar-refractivity contribution in [3.63, 3.8) is 0 Å². The molecule has 0 fully saturated rings. The number of hydrogen-bond acceptors (Lipinski definition) is 4. The Balaban J connectivity index is 1.60. The summed E-state index contributed by atoms with van der Waals surface area (Å²) in [7, 11) is -3.77. The zero-order chi connectivity index (χ0) is 21.8. The molecule has 0 bridgehead atoms. The molecular weight excluding hydrogens is 428 g/mol. The van der Waals surface area contributed by atoms with Crippen molar-refractivity contribution >= 4 is 33.0 Å². The van der Waals surface area contributed by atoms with E-state index < -0.39 is 16.1 Å². The Morgan fingerprint density at radius 1 is 1.06 bits per heavy atom. The number of amides is 1. The summed E-state index contributed by atoms with van der Waals surface area (Å²) in [6.45, 7) is 2.34. The molecule has 1 aromatic heterocycles. The Morgan fingerprint density at radius 3 is 2.48 bits per heavy atom. The maximum atomic E-state index is 13.3. The van der Waals surface area contributed by atoms with Crippen LogP contribution in [0.4, 0.5) is 5.69 Å². The highest BCUT2D eigenvalue weighted by molar-refractivity contribution is 7.91. The summed E-state index contributed by atoms with van der Waals surface area (Å²) in [6.07, 6.45) is 3.62. The standard InChI is InChI=1S/C24H26N2O3S2/c1-2-3-7-18-11-13-21(14-12-18)25-24(27)22-16-19-8-4-5-9-20(19)17-26(22)31(28,29)23-10-6-15-30-23/h4-6,8-15,22H,2-3,7,16-17H2,1H3,(H,25,27). The van der Waals surface area contributed by atoms with Crippen LogP contribution in [0.15, 0.2) is 70.3 Å². The van der Waals surface area contributed by atoms with Crippen molar-refractivity contribution in [2.24, 2.45) is 0 Å². The number of thiophene rings is 1. The van der Waals surface area contributed by atoms with Crippen LogP contribution < -0.4 is 5.32 Å². The highest BCUT2D eigenvalue weighted by atomic mass is 32.2. The van der Waals surface area contributed by atoms with E-state index >= 15 is 0 Å². The summed E-state index contributed by atoms with van der Waals surface area (Å²) >= 11 is 1.17. The summed E-state index contributed by atoms with van der Waals surface area (Å²) < 4.78 is 28.2. The maximum absolute atomic E-state index is 13.3. The zero-order valence-electron chi connectivity index (χ0n) is 17.5. The highest BCUT2D eigenvalue weighted by Crippen LogP contribution is 2.31. The van der Waals surface area contributed by atoms with Crippen molar-refractivity contribution in [2.45, 2.75) is 49.4 Å². The van der Waals surface area contributed by atoms with Gasteiger partial charge in [-0.15, -0.1) is 11.3 Å². The number of rotatable bonds is 7. The molecule has 2 heterocycles. The van der Waals surface area contributed by atoms with Gasteiger partial charge in [0.2, 0.25) is 5.91 Å². The fourth-order valence-corrected chi connectivity index (χ4v) is 6.55. The number of nitrogens with one attached hydrogen (secondary N) is 1. The molecule has 0 aliphatic carbocycles. The number of carbonyl (C=O) groups is 1. The molecule has 7 heteroatoms. The van der Waals surface area contributed by atoms with Gasteiger partial charge in [-0.05, 0) is 59.5 Å². The smallest absolute Gasteiger partial charge is 0.253 e. The molecule has 1 aliphatic rings. The van der Waals surface area contributed by atoms with Gasteiger partial charge in [-0.3, -0.25) is 4.79 Å². The average Bonchev–Trinajstić information content (AvgIpc) is 3.34. The lowest BCUT2D eigenvalue weighted by Gasteiger charge is -2.34. The molecule has 5 nitrogen and oxygen atoms in total. The zero-order valence-corrected chi connectivity index (χ0v) is 19.1. The van der Waals surface area contributed by atoms with Gasteiger partial charge < -0.3 is 5.32 Å². The molecular formula is C24H26N2O3S2. The third-order valence-corrected chi connectivity index (χ3v) is 8.83. The van der Waals surface area contributed by atoms with E-state index in [1.54, 1.807) is 17.5 Å². The Bertz CT molecular complexity index is 1140. The number of anilines is 1. The number of carbonyl (C=O) groups excluding carboxylic acids is 1. The van der Waals surface area contributed by atoms with Gasteiger partial charge in [-0.25, -0.2) is 8.42 Å². The Kier molecular flexibility index (Phi) is 6.55. The van der Waals surface area contributed by atoms with Gasteiger partial charge >= 0.3 is 0 Å². The second-order valence-electron chi connectivity index (χ2n) is 7.76. The number of unbranched alkanes of at least 4 members (excludes halogenated alkanes) is 1. The summed E-state index contributed by atoms with van der Waals surface area (Å²) in [5, 5.41) is 4.67. The number of nitrogens with zero attached hydrogens (tertiary/aromatic N) is 1. The van der Waals surface area contributed by atoms with Crippen molar-refractivity contribution in [1.29, 1.82) is 0 Å². The number of fused-ring (bicyclic) bond motifs is 1. The molecule has 0 spiro atoms. The summed E-state index contributed by atoms with van der Waals surface area (Å²) in [6, 6.07) is 18.0. The van der Waals surface area contributed by atoms with Gasteiger partial charge in [-0.1, -0.05) is 55.8 Å². The van der Waals surface area contributed by atoms with Crippen LogP contribution >= 0.6 is 11.3 Å². The number of sulfonamides is 1. The quantitative estimate of drug-likeness (QED) is 0.555. The maximum Gasteiger partial charge on any atom is 0.253 e. The summed E-state index contributed by atoms with van der Waals surface area (Å²) in [5.74, 6) is -0.309. The van der Waals surface area contributed by atoms with Crippen LogP contribution in [0.2, 0.25) is 0 Å². The second-order valence-corrected chi connectivity index (χ2v) is 10.8. The first kappa shape index (κ1) is 21.7. The molecule has 0 radical (unpaired) electrons.